The molecule has 2 amide bonds. The summed E-state index contributed by atoms with van der Waals surface area (Å²) in [6.45, 7) is 4.63. The number of benzene rings is 1. The first kappa shape index (κ1) is 14.9. The predicted octanol–water partition coefficient (Wildman–Crippen LogP) is 3.53. The lowest BCUT2D eigenvalue weighted by Crippen LogP contribution is -2.29. The third-order valence-electron chi connectivity index (χ3n) is 3.73. The van der Waals surface area contributed by atoms with Crippen LogP contribution in [0.3, 0.4) is 0 Å². The summed E-state index contributed by atoms with van der Waals surface area (Å²) in [5.41, 5.74) is 1.77. The van der Waals surface area contributed by atoms with Crippen LogP contribution in [-0.4, -0.2) is 21.7 Å². The summed E-state index contributed by atoms with van der Waals surface area (Å²) in [5.74, 6) is 0.193. The van der Waals surface area contributed by atoms with E-state index in [-0.39, 0.29) is 18.4 Å². The Morgan fingerprint density at radius 3 is 2.36 bits per heavy atom. The molecule has 2 aromatic rings. The van der Waals surface area contributed by atoms with Gasteiger partial charge in [-0.15, -0.1) is 11.3 Å². The summed E-state index contributed by atoms with van der Waals surface area (Å²) in [7, 11) is 0. The fraction of sp³-hybridized carbons (Fsp3) is 0.353. The first-order chi connectivity index (χ1) is 10.6. The van der Waals surface area contributed by atoms with E-state index < -0.39 is 0 Å². The Balaban J connectivity index is 1.72. The molecule has 1 aromatic heterocycles. The number of imide groups is 1. The lowest BCUT2D eigenvalue weighted by atomic mass is 10.1. The lowest BCUT2D eigenvalue weighted by Gasteiger charge is -2.11. The lowest BCUT2D eigenvalue weighted by molar-refractivity contribution is 0.0640. The van der Waals surface area contributed by atoms with E-state index in [1.807, 2.05) is 5.38 Å². The van der Waals surface area contributed by atoms with E-state index in [0.29, 0.717) is 17.0 Å². The van der Waals surface area contributed by atoms with E-state index in [9.17, 15) is 9.59 Å². The highest BCUT2D eigenvalue weighted by molar-refractivity contribution is 7.09. The van der Waals surface area contributed by atoms with Crippen molar-refractivity contribution in [3.8, 4) is 0 Å². The number of hydrogen-bond donors (Lipinski definition) is 0. The van der Waals surface area contributed by atoms with E-state index in [0.717, 1.165) is 23.5 Å². The minimum absolute atomic E-state index is 0.225. The average molecular weight is 314 g/mol. The molecule has 0 aliphatic carbocycles. The van der Waals surface area contributed by atoms with Crippen LogP contribution in [0.15, 0.2) is 29.6 Å². The molecule has 1 aliphatic rings. The molecule has 0 fully saturated rings. The maximum atomic E-state index is 12.3. The summed E-state index contributed by atoms with van der Waals surface area (Å²) in [4.78, 5) is 30.5. The van der Waals surface area contributed by atoms with Gasteiger partial charge in [-0.1, -0.05) is 26.0 Å². The van der Waals surface area contributed by atoms with Crippen molar-refractivity contribution in [2.45, 2.75) is 33.2 Å². The van der Waals surface area contributed by atoms with Crippen LogP contribution in [0.5, 0.6) is 0 Å². The topological polar surface area (TPSA) is 50.3 Å². The molecular weight excluding hydrogens is 296 g/mol. The molecule has 0 unspecified atom stereocenters. The van der Waals surface area contributed by atoms with Gasteiger partial charge in [0.05, 0.1) is 28.4 Å². The maximum absolute atomic E-state index is 12.3. The van der Waals surface area contributed by atoms with Crippen molar-refractivity contribution in [3.05, 3.63) is 51.5 Å². The first-order valence-corrected chi connectivity index (χ1v) is 8.32. The Bertz CT molecular complexity index is 686. The van der Waals surface area contributed by atoms with Crippen molar-refractivity contribution in [2.24, 2.45) is 5.92 Å². The molecule has 1 aliphatic heterocycles. The van der Waals surface area contributed by atoms with Crippen LogP contribution in [0, 0.1) is 5.92 Å². The number of fused-ring (bicyclic) bond motifs is 1. The van der Waals surface area contributed by atoms with Crippen molar-refractivity contribution in [3.63, 3.8) is 0 Å². The van der Waals surface area contributed by atoms with Crippen LogP contribution in [0.1, 0.15) is 51.7 Å². The number of aromatic nitrogens is 1. The number of hydrogen-bond acceptors (Lipinski definition) is 4. The van der Waals surface area contributed by atoms with Gasteiger partial charge in [0.25, 0.3) is 11.8 Å². The second kappa shape index (κ2) is 6.01. The Labute approximate surface area is 133 Å². The largest absolute Gasteiger partial charge is 0.269 e. The molecule has 0 atom stereocenters. The molecule has 3 rings (SSSR count). The zero-order valence-electron chi connectivity index (χ0n) is 12.7. The van der Waals surface area contributed by atoms with E-state index in [4.69, 9.17) is 0 Å². The van der Waals surface area contributed by atoms with Gasteiger partial charge in [-0.2, -0.15) is 0 Å². The minimum atomic E-state index is -0.225. The summed E-state index contributed by atoms with van der Waals surface area (Å²) in [6.07, 6.45) is 2.05. The van der Waals surface area contributed by atoms with Crippen molar-refractivity contribution in [1.29, 1.82) is 0 Å². The van der Waals surface area contributed by atoms with Gasteiger partial charge in [-0.25, -0.2) is 4.98 Å². The van der Waals surface area contributed by atoms with Gasteiger partial charge in [-0.3, -0.25) is 14.5 Å². The quantitative estimate of drug-likeness (QED) is 0.793. The molecule has 22 heavy (non-hydrogen) atoms. The van der Waals surface area contributed by atoms with E-state index in [2.05, 4.69) is 18.8 Å². The van der Waals surface area contributed by atoms with Crippen molar-refractivity contribution in [1.82, 2.24) is 9.88 Å². The summed E-state index contributed by atoms with van der Waals surface area (Å²) in [6, 6.07) is 6.95. The molecule has 2 heterocycles. The zero-order chi connectivity index (χ0) is 15.7. The number of rotatable bonds is 5. The Kier molecular flexibility index (Phi) is 4.07. The second-order valence-corrected chi connectivity index (χ2v) is 6.85. The third-order valence-corrected chi connectivity index (χ3v) is 4.69. The van der Waals surface area contributed by atoms with Crippen LogP contribution < -0.4 is 0 Å². The number of amides is 2. The normalized spacial score (nSPS) is 14.0. The highest BCUT2D eigenvalue weighted by atomic mass is 32.1. The average Bonchev–Trinajstić information content (AvgIpc) is 3.05. The molecule has 0 saturated heterocycles. The van der Waals surface area contributed by atoms with Gasteiger partial charge in [0.1, 0.15) is 0 Å². The molecule has 114 valence electrons. The van der Waals surface area contributed by atoms with Crippen molar-refractivity contribution >= 4 is 23.2 Å². The van der Waals surface area contributed by atoms with E-state index in [1.165, 1.54) is 4.90 Å². The molecule has 0 N–H and O–H groups in total. The van der Waals surface area contributed by atoms with Gasteiger partial charge in [-0.05, 0) is 30.9 Å². The monoisotopic (exact) mass is 314 g/mol. The SMILES string of the molecule is CC(C)CCc1nc(CN2C(=O)c3ccccc3C2=O)cs1. The predicted molar refractivity (Wildman–Crippen MR) is 85.9 cm³/mol. The standard InChI is InChI=1S/C17H18N2O2S/c1-11(2)7-8-15-18-12(10-22-15)9-19-16(20)13-5-3-4-6-14(13)17(19)21/h3-6,10-11H,7-9H2,1-2H3. The van der Waals surface area contributed by atoms with Crippen molar-refractivity contribution < 1.29 is 9.59 Å². The molecular formula is C17H18N2O2S. The number of carbonyl (C=O) groups excluding carboxylic acids is 2. The number of aryl methyl sites for hydroxylation is 1. The summed E-state index contributed by atoms with van der Waals surface area (Å²) >= 11 is 1.60. The molecule has 0 radical (unpaired) electrons. The minimum Gasteiger partial charge on any atom is -0.269 e. The van der Waals surface area contributed by atoms with Crippen LogP contribution in [0.2, 0.25) is 0 Å². The Morgan fingerprint density at radius 2 is 1.77 bits per heavy atom. The van der Waals surface area contributed by atoms with Gasteiger partial charge in [0, 0.05) is 5.38 Å². The van der Waals surface area contributed by atoms with Gasteiger partial charge in [0.15, 0.2) is 0 Å². The van der Waals surface area contributed by atoms with E-state index in [1.54, 1.807) is 35.6 Å². The highest BCUT2D eigenvalue weighted by Crippen LogP contribution is 2.25. The molecule has 0 bridgehead atoms. The van der Waals surface area contributed by atoms with Gasteiger partial charge in [0.2, 0.25) is 0 Å². The highest BCUT2D eigenvalue weighted by Gasteiger charge is 2.35. The molecule has 0 saturated carbocycles. The van der Waals surface area contributed by atoms with Crippen LogP contribution in [0.4, 0.5) is 0 Å². The third kappa shape index (κ3) is 2.81. The van der Waals surface area contributed by atoms with Crippen LogP contribution in [-0.2, 0) is 13.0 Å². The summed E-state index contributed by atoms with van der Waals surface area (Å²) in [5, 5.41) is 3.01. The molecule has 0 spiro atoms. The fourth-order valence-corrected chi connectivity index (χ4v) is 3.30. The number of nitrogens with zero attached hydrogens (tertiary/aromatic N) is 2. The molecule has 4 nitrogen and oxygen atoms in total. The second-order valence-electron chi connectivity index (χ2n) is 5.91. The Hall–Kier alpha value is -2.01. The van der Waals surface area contributed by atoms with Gasteiger partial charge < -0.3 is 0 Å². The maximum Gasteiger partial charge on any atom is 0.261 e. The molecule has 5 heteroatoms. The molecule has 1 aromatic carbocycles. The fourth-order valence-electron chi connectivity index (χ4n) is 2.49. The van der Waals surface area contributed by atoms with Crippen molar-refractivity contribution in [2.75, 3.05) is 0 Å². The first-order valence-electron chi connectivity index (χ1n) is 7.44. The van der Waals surface area contributed by atoms with Crippen LogP contribution >= 0.6 is 11.3 Å². The Morgan fingerprint density at radius 1 is 1.14 bits per heavy atom. The number of thiazole rings is 1. The smallest absolute Gasteiger partial charge is 0.261 e. The number of carbonyl (C=O) groups is 2. The van der Waals surface area contributed by atoms with Crippen LogP contribution in [0.25, 0.3) is 0 Å². The zero-order valence-corrected chi connectivity index (χ0v) is 13.5. The van der Waals surface area contributed by atoms with Gasteiger partial charge >= 0.3 is 0 Å². The summed E-state index contributed by atoms with van der Waals surface area (Å²) < 4.78 is 0. The van der Waals surface area contributed by atoms with E-state index >= 15 is 0 Å².